The van der Waals surface area contributed by atoms with Crippen molar-refractivity contribution in [3.8, 4) is 0 Å². The molecule has 0 radical (unpaired) electrons. The molecule has 1 aromatic carbocycles. The number of rotatable bonds is 2. The van der Waals surface area contributed by atoms with Crippen molar-refractivity contribution in [2.24, 2.45) is 0 Å². The monoisotopic (exact) mass is 284 g/mol. The number of H-pyrrole nitrogens is 1. The lowest BCUT2D eigenvalue weighted by Gasteiger charge is -2.36. The van der Waals surface area contributed by atoms with Gasteiger partial charge in [0.1, 0.15) is 5.69 Å². The van der Waals surface area contributed by atoms with Gasteiger partial charge in [0.05, 0.1) is 0 Å². The van der Waals surface area contributed by atoms with Crippen LogP contribution in [-0.4, -0.2) is 47.2 Å². The molecule has 1 saturated heterocycles. The van der Waals surface area contributed by atoms with Crippen LogP contribution in [0.2, 0.25) is 0 Å². The second kappa shape index (κ2) is 5.60. The number of anilines is 1. The summed E-state index contributed by atoms with van der Waals surface area (Å²) in [5, 5.41) is 6.58. The molecule has 0 saturated carbocycles. The molecular weight excluding hydrogens is 264 g/mol. The zero-order valence-electron chi connectivity index (χ0n) is 12.5. The maximum absolute atomic E-state index is 12.3. The van der Waals surface area contributed by atoms with Gasteiger partial charge in [-0.15, -0.1) is 0 Å². The Morgan fingerprint density at radius 2 is 1.90 bits per heavy atom. The number of piperazine rings is 1. The number of hydrogen-bond donors (Lipinski definition) is 1. The normalized spacial score (nSPS) is 15.3. The van der Waals surface area contributed by atoms with E-state index in [1.165, 1.54) is 16.8 Å². The average molecular weight is 284 g/mol. The predicted molar refractivity (Wildman–Crippen MR) is 82.6 cm³/mol. The van der Waals surface area contributed by atoms with Crippen LogP contribution >= 0.6 is 0 Å². The van der Waals surface area contributed by atoms with Crippen molar-refractivity contribution in [2.75, 3.05) is 31.1 Å². The minimum absolute atomic E-state index is 0.0353. The van der Waals surface area contributed by atoms with Gasteiger partial charge in [0.15, 0.2) is 0 Å². The van der Waals surface area contributed by atoms with E-state index in [-0.39, 0.29) is 5.91 Å². The molecule has 0 spiro atoms. The van der Waals surface area contributed by atoms with E-state index in [0.717, 1.165) is 26.2 Å². The highest BCUT2D eigenvalue weighted by atomic mass is 16.2. The quantitative estimate of drug-likeness (QED) is 0.917. The summed E-state index contributed by atoms with van der Waals surface area (Å²) in [5.74, 6) is 0.0353. The van der Waals surface area contributed by atoms with Gasteiger partial charge in [0, 0.05) is 38.1 Å². The summed E-state index contributed by atoms with van der Waals surface area (Å²) in [5.41, 5.74) is 4.48. The molecule has 1 amide bonds. The fraction of sp³-hybridized carbons (Fsp3) is 0.375. The predicted octanol–water partition coefficient (Wildman–Crippen LogP) is 1.99. The Hall–Kier alpha value is -2.30. The molecule has 0 aliphatic carbocycles. The van der Waals surface area contributed by atoms with Crippen LogP contribution in [-0.2, 0) is 0 Å². The van der Waals surface area contributed by atoms with Gasteiger partial charge in [0.25, 0.3) is 5.91 Å². The van der Waals surface area contributed by atoms with Crippen LogP contribution < -0.4 is 4.90 Å². The summed E-state index contributed by atoms with van der Waals surface area (Å²) < 4.78 is 0. The summed E-state index contributed by atoms with van der Waals surface area (Å²) in [6, 6.07) is 8.12. The third-order valence-corrected chi connectivity index (χ3v) is 4.21. The van der Waals surface area contributed by atoms with Crippen LogP contribution in [0.25, 0.3) is 0 Å². The molecule has 5 heteroatoms. The Balaban J connectivity index is 1.68. The van der Waals surface area contributed by atoms with Gasteiger partial charge in [-0.05, 0) is 37.1 Å². The van der Waals surface area contributed by atoms with Crippen LogP contribution in [0.5, 0.6) is 0 Å². The number of carbonyl (C=O) groups is 1. The van der Waals surface area contributed by atoms with Gasteiger partial charge in [0.2, 0.25) is 0 Å². The Labute approximate surface area is 124 Å². The molecule has 2 heterocycles. The first-order valence-electron chi connectivity index (χ1n) is 7.26. The van der Waals surface area contributed by atoms with Crippen molar-refractivity contribution < 1.29 is 4.79 Å². The SMILES string of the molecule is Cc1cccc(N2CCN(C(=O)c3ccn[nH]3)CC2)c1C. The van der Waals surface area contributed by atoms with Crippen LogP contribution in [0.1, 0.15) is 21.6 Å². The van der Waals surface area contributed by atoms with Gasteiger partial charge in [-0.3, -0.25) is 9.89 Å². The van der Waals surface area contributed by atoms with E-state index in [1.54, 1.807) is 12.3 Å². The van der Waals surface area contributed by atoms with Crippen molar-refractivity contribution in [1.82, 2.24) is 15.1 Å². The summed E-state index contributed by atoms with van der Waals surface area (Å²) in [6.45, 7) is 7.51. The van der Waals surface area contributed by atoms with Gasteiger partial charge in [-0.2, -0.15) is 5.10 Å². The first-order chi connectivity index (χ1) is 10.2. The fourth-order valence-corrected chi connectivity index (χ4v) is 2.77. The third-order valence-electron chi connectivity index (χ3n) is 4.21. The molecule has 3 rings (SSSR count). The summed E-state index contributed by atoms with van der Waals surface area (Å²) in [7, 11) is 0. The molecule has 1 aliphatic rings. The van der Waals surface area contributed by atoms with Crippen molar-refractivity contribution in [3.05, 3.63) is 47.3 Å². The lowest BCUT2D eigenvalue weighted by atomic mass is 10.1. The maximum atomic E-state index is 12.3. The molecule has 1 aromatic heterocycles. The number of hydrogen-bond acceptors (Lipinski definition) is 3. The number of amides is 1. The van der Waals surface area contributed by atoms with E-state index < -0.39 is 0 Å². The molecule has 2 aromatic rings. The highest BCUT2D eigenvalue weighted by molar-refractivity contribution is 5.92. The molecule has 110 valence electrons. The molecule has 1 N–H and O–H groups in total. The second-order valence-corrected chi connectivity index (χ2v) is 5.47. The van der Waals surface area contributed by atoms with Gasteiger partial charge in [-0.25, -0.2) is 0 Å². The topological polar surface area (TPSA) is 52.2 Å². The van der Waals surface area contributed by atoms with E-state index in [0.29, 0.717) is 5.69 Å². The zero-order chi connectivity index (χ0) is 14.8. The molecule has 0 atom stereocenters. The van der Waals surface area contributed by atoms with Crippen molar-refractivity contribution >= 4 is 11.6 Å². The number of aryl methyl sites for hydroxylation is 1. The molecule has 0 bridgehead atoms. The highest BCUT2D eigenvalue weighted by Gasteiger charge is 2.23. The van der Waals surface area contributed by atoms with Crippen LogP contribution in [0.4, 0.5) is 5.69 Å². The Morgan fingerprint density at radius 3 is 2.57 bits per heavy atom. The molecular formula is C16H20N4O. The van der Waals surface area contributed by atoms with Gasteiger partial charge in [-0.1, -0.05) is 12.1 Å². The molecule has 1 fully saturated rings. The zero-order valence-corrected chi connectivity index (χ0v) is 12.5. The summed E-state index contributed by atoms with van der Waals surface area (Å²) in [6.07, 6.45) is 1.61. The number of nitrogens with zero attached hydrogens (tertiary/aromatic N) is 3. The number of nitrogens with one attached hydrogen (secondary N) is 1. The average Bonchev–Trinajstić information content (AvgIpc) is 3.04. The molecule has 21 heavy (non-hydrogen) atoms. The van der Waals surface area contributed by atoms with Crippen molar-refractivity contribution in [3.63, 3.8) is 0 Å². The number of benzene rings is 1. The standard InChI is InChI=1S/C16H20N4O/c1-12-4-3-5-15(13(12)2)19-8-10-20(11-9-19)16(21)14-6-7-17-18-14/h3-7H,8-11H2,1-2H3,(H,17,18). The Kier molecular flexibility index (Phi) is 3.64. The van der Waals surface area contributed by atoms with E-state index in [9.17, 15) is 4.79 Å². The van der Waals surface area contributed by atoms with Crippen LogP contribution in [0, 0.1) is 13.8 Å². The maximum Gasteiger partial charge on any atom is 0.271 e. The Morgan fingerprint density at radius 1 is 1.14 bits per heavy atom. The van der Waals surface area contributed by atoms with E-state index in [1.807, 2.05) is 4.90 Å². The van der Waals surface area contributed by atoms with Gasteiger partial charge < -0.3 is 9.80 Å². The number of carbonyl (C=O) groups excluding carboxylic acids is 1. The molecule has 1 aliphatic heterocycles. The highest BCUT2D eigenvalue weighted by Crippen LogP contribution is 2.24. The third kappa shape index (κ3) is 2.63. The van der Waals surface area contributed by atoms with Crippen LogP contribution in [0.15, 0.2) is 30.5 Å². The summed E-state index contributed by atoms with van der Waals surface area (Å²) in [4.78, 5) is 16.5. The lowest BCUT2D eigenvalue weighted by molar-refractivity contribution is 0.0741. The van der Waals surface area contributed by atoms with Crippen LogP contribution in [0.3, 0.4) is 0 Å². The largest absolute Gasteiger partial charge is 0.368 e. The number of aromatic amines is 1. The smallest absolute Gasteiger partial charge is 0.271 e. The van der Waals surface area contributed by atoms with Gasteiger partial charge >= 0.3 is 0 Å². The van der Waals surface area contributed by atoms with E-state index in [4.69, 9.17) is 0 Å². The first kappa shape index (κ1) is 13.7. The number of aromatic nitrogens is 2. The minimum Gasteiger partial charge on any atom is -0.368 e. The second-order valence-electron chi connectivity index (χ2n) is 5.47. The molecule has 0 unspecified atom stereocenters. The minimum atomic E-state index is 0.0353. The van der Waals surface area contributed by atoms with E-state index in [2.05, 4.69) is 47.1 Å². The van der Waals surface area contributed by atoms with E-state index >= 15 is 0 Å². The Bertz CT molecular complexity index is 628. The summed E-state index contributed by atoms with van der Waals surface area (Å²) >= 11 is 0. The van der Waals surface area contributed by atoms with Crippen molar-refractivity contribution in [1.29, 1.82) is 0 Å². The first-order valence-corrected chi connectivity index (χ1v) is 7.26. The lowest BCUT2D eigenvalue weighted by Crippen LogP contribution is -2.49. The molecule has 5 nitrogen and oxygen atoms in total. The van der Waals surface area contributed by atoms with Crippen molar-refractivity contribution in [2.45, 2.75) is 13.8 Å². The fourth-order valence-electron chi connectivity index (χ4n) is 2.77.